The molecule has 0 unspecified atom stereocenters. The van der Waals surface area contributed by atoms with Crippen molar-refractivity contribution in [2.45, 2.75) is 6.42 Å². The van der Waals surface area contributed by atoms with E-state index >= 15 is 0 Å². The van der Waals surface area contributed by atoms with Gasteiger partial charge in [-0.05, 0) is 12.1 Å². The molecule has 28 heavy (non-hydrogen) atoms. The van der Waals surface area contributed by atoms with Crippen LogP contribution in [0.5, 0.6) is 5.75 Å². The van der Waals surface area contributed by atoms with E-state index in [1.807, 2.05) is 30.3 Å². The van der Waals surface area contributed by atoms with Crippen LogP contribution in [0.15, 0.2) is 36.5 Å². The molecule has 1 aromatic heterocycles. The number of para-hydroxylation sites is 1. The van der Waals surface area contributed by atoms with Gasteiger partial charge in [-0.25, -0.2) is 4.68 Å². The van der Waals surface area contributed by atoms with Gasteiger partial charge in [0.2, 0.25) is 0 Å². The summed E-state index contributed by atoms with van der Waals surface area (Å²) in [7, 11) is 1.52. The summed E-state index contributed by atoms with van der Waals surface area (Å²) >= 11 is 0. The molecule has 8 heteroatoms. The first-order chi connectivity index (χ1) is 13.7. The standard InChI is InChI=1S/C20H25N5O3/c1-27-18-16-25(17-6-3-2-4-7-17)22-19(18)20(26)24(9-5-8-21)11-10-23-12-14-28-15-13-23/h2-4,6-7,16H,5,9-15H2,1H3. The van der Waals surface area contributed by atoms with E-state index < -0.39 is 0 Å². The average Bonchev–Trinajstić information content (AvgIpc) is 3.19. The summed E-state index contributed by atoms with van der Waals surface area (Å²) in [6.45, 7) is 4.76. The second-order valence-electron chi connectivity index (χ2n) is 6.48. The fourth-order valence-corrected chi connectivity index (χ4v) is 3.11. The molecule has 0 atom stereocenters. The Balaban J connectivity index is 1.77. The lowest BCUT2D eigenvalue weighted by atomic mass is 10.3. The largest absolute Gasteiger partial charge is 0.493 e. The van der Waals surface area contributed by atoms with Gasteiger partial charge >= 0.3 is 0 Å². The number of ether oxygens (including phenoxy) is 2. The highest BCUT2D eigenvalue weighted by Crippen LogP contribution is 2.21. The van der Waals surface area contributed by atoms with Crippen molar-refractivity contribution in [2.24, 2.45) is 0 Å². The maximum atomic E-state index is 13.2. The Morgan fingerprint density at radius 2 is 2.04 bits per heavy atom. The van der Waals surface area contributed by atoms with E-state index in [1.165, 1.54) is 7.11 Å². The fourth-order valence-electron chi connectivity index (χ4n) is 3.11. The van der Waals surface area contributed by atoms with Gasteiger partial charge in [-0.2, -0.15) is 10.4 Å². The lowest BCUT2D eigenvalue weighted by molar-refractivity contribution is 0.0325. The molecule has 0 spiro atoms. The number of morpholine rings is 1. The molecule has 1 saturated heterocycles. The van der Waals surface area contributed by atoms with Crippen molar-refractivity contribution in [3.05, 3.63) is 42.2 Å². The van der Waals surface area contributed by atoms with Crippen molar-refractivity contribution in [1.82, 2.24) is 19.6 Å². The van der Waals surface area contributed by atoms with Crippen LogP contribution in [-0.2, 0) is 4.74 Å². The summed E-state index contributed by atoms with van der Waals surface area (Å²) < 4.78 is 12.4. The number of methoxy groups -OCH3 is 1. The van der Waals surface area contributed by atoms with Crippen molar-refractivity contribution in [2.75, 3.05) is 53.0 Å². The smallest absolute Gasteiger partial charge is 0.278 e. The highest BCUT2D eigenvalue weighted by atomic mass is 16.5. The van der Waals surface area contributed by atoms with Crippen LogP contribution in [0.3, 0.4) is 0 Å². The normalized spacial score (nSPS) is 14.4. The quantitative estimate of drug-likeness (QED) is 0.688. The number of benzene rings is 1. The van der Waals surface area contributed by atoms with E-state index in [1.54, 1.807) is 15.8 Å². The number of aromatic nitrogens is 2. The Kier molecular flexibility index (Phi) is 7.00. The molecule has 0 N–H and O–H groups in total. The molecule has 2 aromatic rings. The summed E-state index contributed by atoms with van der Waals surface area (Å²) in [4.78, 5) is 17.1. The van der Waals surface area contributed by atoms with E-state index in [0.29, 0.717) is 32.1 Å². The molecular formula is C20H25N5O3. The molecule has 1 fully saturated rings. The van der Waals surface area contributed by atoms with Gasteiger partial charge in [0.15, 0.2) is 11.4 Å². The number of hydrogen-bond donors (Lipinski definition) is 0. The van der Waals surface area contributed by atoms with E-state index in [4.69, 9.17) is 14.7 Å². The highest BCUT2D eigenvalue weighted by molar-refractivity contribution is 5.95. The third kappa shape index (κ3) is 4.88. The zero-order valence-electron chi connectivity index (χ0n) is 16.1. The van der Waals surface area contributed by atoms with E-state index in [2.05, 4.69) is 16.1 Å². The van der Waals surface area contributed by atoms with Gasteiger partial charge in [0.1, 0.15) is 0 Å². The number of carbonyl (C=O) groups excluding carboxylic acids is 1. The Morgan fingerprint density at radius 1 is 1.29 bits per heavy atom. The molecule has 148 valence electrons. The predicted octanol–water partition coefficient (Wildman–Crippen LogP) is 1.57. The summed E-state index contributed by atoms with van der Waals surface area (Å²) in [6.07, 6.45) is 1.98. The van der Waals surface area contributed by atoms with Crippen LogP contribution in [0.25, 0.3) is 5.69 Å². The molecule has 0 aliphatic carbocycles. The van der Waals surface area contributed by atoms with Gasteiger partial charge in [0, 0.05) is 32.7 Å². The van der Waals surface area contributed by atoms with Crippen LogP contribution in [0, 0.1) is 11.3 Å². The number of nitrogens with zero attached hydrogens (tertiary/aromatic N) is 5. The second kappa shape index (κ2) is 9.88. The van der Waals surface area contributed by atoms with Gasteiger partial charge < -0.3 is 14.4 Å². The molecular weight excluding hydrogens is 358 g/mol. The van der Waals surface area contributed by atoms with E-state index in [0.717, 1.165) is 25.3 Å². The Labute approximate surface area is 164 Å². The van der Waals surface area contributed by atoms with Crippen LogP contribution in [0.2, 0.25) is 0 Å². The maximum Gasteiger partial charge on any atom is 0.278 e. The fraction of sp³-hybridized carbons (Fsp3) is 0.450. The zero-order valence-corrected chi connectivity index (χ0v) is 16.1. The molecule has 0 bridgehead atoms. The van der Waals surface area contributed by atoms with Crippen LogP contribution < -0.4 is 4.74 Å². The minimum absolute atomic E-state index is 0.227. The van der Waals surface area contributed by atoms with Crippen LogP contribution in [0.1, 0.15) is 16.9 Å². The Morgan fingerprint density at radius 3 is 2.71 bits per heavy atom. The molecule has 1 aliphatic heterocycles. The first-order valence-corrected chi connectivity index (χ1v) is 9.38. The number of rotatable bonds is 8. The molecule has 0 saturated carbocycles. The lowest BCUT2D eigenvalue weighted by Crippen LogP contribution is -2.43. The highest BCUT2D eigenvalue weighted by Gasteiger charge is 2.24. The van der Waals surface area contributed by atoms with Crippen molar-refractivity contribution in [3.63, 3.8) is 0 Å². The van der Waals surface area contributed by atoms with Gasteiger partial charge in [-0.3, -0.25) is 9.69 Å². The van der Waals surface area contributed by atoms with Crippen molar-refractivity contribution < 1.29 is 14.3 Å². The molecule has 1 amide bonds. The zero-order chi connectivity index (χ0) is 19.8. The van der Waals surface area contributed by atoms with Gasteiger partial charge in [0.25, 0.3) is 5.91 Å². The van der Waals surface area contributed by atoms with E-state index in [9.17, 15) is 4.79 Å². The molecule has 0 radical (unpaired) electrons. The van der Waals surface area contributed by atoms with Crippen molar-refractivity contribution in [1.29, 1.82) is 5.26 Å². The van der Waals surface area contributed by atoms with Gasteiger partial charge in [0.05, 0.1) is 44.7 Å². The Bertz CT molecular complexity index is 809. The Hall–Kier alpha value is -2.89. The molecule has 1 aromatic carbocycles. The number of carbonyl (C=O) groups is 1. The average molecular weight is 383 g/mol. The number of nitriles is 1. The van der Waals surface area contributed by atoms with Gasteiger partial charge in [-0.15, -0.1) is 0 Å². The maximum absolute atomic E-state index is 13.2. The molecule has 1 aliphatic rings. The minimum Gasteiger partial charge on any atom is -0.493 e. The number of hydrogen-bond acceptors (Lipinski definition) is 6. The number of amides is 1. The predicted molar refractivity (Wildman–Crippen MR) is 104 cm³/mol. The first-order valence-electron chi connectivity index (χ1n) is 9.38. The SMILES string of the molecule is COc1cn(-c2ccccc2)nc1C(=O)N(CCC#N)CCN1CCOCC1. The second-order valence-corrected chi connectivity index (χ2v) is 6.48. The van der Waals surface area contributed by atoms with Crippen molar-refractivity contribution >= 4 is 5.91 Å². The molecule has 3 rings (SSSR count). The lowest BCUT2D eigenvalue weighted by Gasteiger charge is -2.29. The van der Waals surface area contributed by atoms with Crippen LogP contribution in [-0.4, -0.2) is 78.5 Å². The minimum atomic E-state index is -0.227. The first kappa shape index (κ1) is 19.9. The van der Waals surface area contributed by atoms with Crippen LogP contribution >= 0.6 is 0 Å². The topological polar surface area (TPSA) is 83.6 Å². The molecule has 8 nitrogen and oxygen atoms in total. The third-order valence-electron chi connectivity index (χ3n) is 4.69. The summed E-state index contributed by atoms with van der Waals surface area (Å²) in [5, 5.41) is 13.4. The third-order valence-corrected chi connectivity index (χ3v) is 4.69. The van der Waals surface area contributed by atoms with Crippen LogP contribution in [0.4, 0.5) is 0 Å². The monoisotopic (exact) mass is 383 g/mol. The van der Waals surface area contributed by atoms with Gasteiger partial charge in [-0.1, -0.05) is 18.2 Å². The molecule has 2 heterocycles. The summed E-state index contributed by atoms with van der Waals surface area (Å²) in [6, 6.07) is 11.7. The van der Waals surface area contributed by atoms with E-state index in [-0.39, 0.29) is 18.0 Å². The summed E-state index contributed by atoms with van der Waals surface area (Å²) in [5.74, 6) is 0.192. The summed E-state index contributed by atoms with van der Waals surface area (Å²) in [5.41, 5.74) is 1.10. The van der Waals surface area contributed by atoms with Crippen molar-refractivity contribution in [3.8, 4) is 17.5 Å².